The molecule has 2 saturated heterocycles. The van der Waals surface area contributed by atoms with Crippen molar-refractivity contribution in [3.63, 3.8) is 0 Å². The number of ether oxygens (including phenoxy) is 1. The van der Waals surface area contributed by atoms with E-state index in [0.29, 0.717) is 4.68 Å². The molecule has 0 radical (unpaired) electrons. The number of H-pyrrole nitrogens is 1. The number of aromatic nitrogens is 10. The number of nitrogens with one attached hydrogen (secondary N) is 1. The van der Waals surface area contributed by atoms with Gasteiger partial charge in [0.1, 0.15) is 31.2 Å². The van der Waals surface area contributed by atoms with Crippen LogP contribution in [0.1, 0.15) is 0 Å². The lowest BCUT2D eigenvalue weighted by Gasteiger charge is -2.34. The number of hydrogen-bond acceptors (Lipinski definition) is 18. The molecule has 0 saturated carbocycles. The number of nitrogen functional groups attached to an aromatic ring is 2. The van der Waals surface area contributed by atoms with Gasteiger partial charge in [-0.05, 0) is 0 Å². The molecule has 0 amide bonds. The highest BCUT2D eigenvalue weighted by atomic mass is 32.7. The molecule has 4 aromatic heterocycles. The zero-order valence-electron chi connectivity index (χ0n) is 21.0. The monoisotopic (exact) mass is 648 g/mol. The van der Waals surface area contributed by atoms with Crippen molar-refractivity contribution >= 4 is 64.9 Å². The van der Waals surface area contributed by atoms with Crippen LogP contribution in [-0.4, -0.2) is 114 Å². The topological polar surface area (TPSA) is 290 Å². The van der Waals surface area contributed by atoms with Crippen LogP contribution in [0.3, 0.4) is 0 Å². The molecule has 2 aliphatic heterocycles. The Morgan fingerprint density at radius 1 is 1.21 bits per heavy atom. The molecule has 7 atom stereocenters. The lowest BCUT2D eigenvalue weighted by atomic mass is 10.1. The summed E-state index contributed by atoms with van der Waals surface area (Å²) < 4.78 is 47.6. The quantitative estimate of drug-likeness (QED) is 0.0766. The maximum Gasteiger partial charge on any atom is 0.388 e. The molecule has 0 bridgehead atoms. The van der Waals surface area contributed by atoms with Gasteiger partial charge in [-0.2, -0.15) is 14.3 Å². The van der Waals surface area contributed by atoms with Crippen molar-refractivity contribution in [3.05, 3.63) is 16.7 Å². The second kappa shape index (κ2) is 10.3. The van der Waals surface area contributed by atoms with E-state index in [1.54, 1.807) is 0 Å². The molecule has 0 aliphatic carbocycles. The molecule has 1 unspecified atom stereocenters. The van der Waals surface area contributed by atoms with Crippen molar-refractivity contribution in [2.24, 2.45) is 0 Å². The first-order valence-electron chi connectivity index (χ1n) is 11.9. The zero-order valence-corrected chi connectivity index (χ0v) is 23.6. The largest absolute Gasteiger partial charge is 0.395 e. The minimum atomic E-state index is -4.53. The van der Waals surface area contributed by atoms with E-state index in [2.05, 4.69) is 52.8 Å². The van der Waals surface area contributed by atoms with Crippen molar-refractivity contribution in [1.29, 1.82) is 0 Å². The number of aliphatic hydroxyl groups excluding tert-OH is 3. The molecule has 8 N–H and O–H groups in total. The number of rotatable bonds is 8. The summed E-state index contributed by atoms with van der Waals surface area (Å²) >= 11 is 5.05. The number of alkyl halides is 1. The number of nitrogens with two attached hydrogens (primary N) is 2. The zero-order chi connectivity index (χ0) is 30.0. The van der Waals surface area contributed by atoms with E-state index in [1.165, 1.54) is 0 Å². The van der Waals surface area contributed by atoms with E-state index >= 15 is 4.39 Å². The van der Waals surface area contributed by atoms with Crippen LogP contribution in [0.2, 0.25) is 0 Å². The van der Waals surface area contributed by atoms with E-state index in [-0.39, 0.29) is 39.8 Å². The smallest absolute Gasteiger partial charge is 0.388 e. The summed E-state index contributed by atoms with van der Waals surface area (Å²) in [6, 6.07) is 0. The van der Waals surface area contributed by atoms with Crippen LogP contribution in [0, 0.1) is 0 Å². The fourth-order valence-electron chi connectivity index (χ4n) is 4.67. The number of nitrogens with zero attached hydrogens (tertiary/aromatic N) is 9. The van der Waals surface area contributed by atoms with Crippen molar-refractivity contribution in [2.45, 2.75) is 35.1 Å². The summed E-state index contributed by atoms with van der Waals surface area (Å²) in [5, 5.41) is 45.9. The van der Waals surface area contributed by atoms with Crippen molar-refractivity contribution in [2.75, 3.05) is 37.0 Å². The highest BCUT2D eigenvalue weighted by molar-refractivity contribution is 8.44. The van der Waals surface area contributed by atoms with E-state index in [4.69, 9.17) is 25.3 Å². The van der Waals surface area contributed by atoms with E-state index < -0.39 is 67.3 Å². The third-order valence-electron chi connectivity index (χ3n) is 6.79. The molecule has 20 nitrogen and oxygen atoms in total. The standard InChI is InChI=1S/C18H22FN12O8PS2/c19-17(30-13-8(26-28-30)12(20)22-5-23-13)3-37-6(10(17)33)2-38-40(36,41)39-18(4-42-7(1-32)11(18)34)31-14-9(27-29-31)15(35)25-16(21)24-14/h5-7,10-11,32-34H,1-4H2,(H,36,41)(H2,20,22,23)(H3,21,24,25,35)/t6-,7-,10-,11-,17-,18-,40?/m1/s1. The Labute approximate surface area is 241 Å². The Bertz CT molecular complexity index is 1780. The number of aliphatic hydroxyl groups is 3. The number of aromatic amines is 1. The Kier molecular flexibility index (Phi) is 7.14. The normalized spacial score (nSPS) is 31.3. The highest BCUT2D eigenvalue weighted by Gasteiger charge is 2.57. The van der Waals surface area contributed by atoms with Gasteiger partial charge in [0.05, 0.1) is 18.5 Å². The summed E-state index contributed by atoms with van der Waals surface area (Å²) in [7, 11) is 0. The molecular formula is C18H22FN12O8PS2. The van der Waals surface area contributed by atoms with Gasteiger partial charge in [-0.3, -0.25) is 18.8 Å². The first-order valence-corrected chi connectivity index (χ1v) is 15.7. The van der Waals surface area contributed by atoms with E-state index in [0.717, 1.165) is 22.8 Å². The van der Waals surface area contributed by atoms with Crippen LogP contribution in [0.4, 0.5) is 16.2 Å². The van der Waals surface area contributed by atoms with Crippen LogP contribution in [-0.2, 0) is 29.9 Å². The molecule has 6 rings (SSSR count). The molecule has 0 aromatic carbocycles. The molecule has 226 valence electrons. The second-order valence-corrected chi connectivity index (χ2v) is 13.4. The predicted molar refractivity (Wildman–Crippen MR) is 144 cm³/mol. The van der Waals surface area contributed by atoms with Gasteiger partial charge in [0, 0.05) is 5.75 Å². The van der Waals surface area contributed by atoms with Gasteiger partial charge in [-0.25, -0.2) is 18.9 Å². The molecule has 2 aliphatic rings. The molecule has 0 spiro atoms. The summed E-state index contributed by atoms with van der Waals surface area (Å²) in [5.41, 5.74) is 8.01. The summed E-state index contributed by atoms with van der Waals surface area (Å²) in [6.07, 6.45) is -3.85. The summed E-state index contributed by atoms with van der Waals surface area (Å²) in [4.78, 5) is 26.2. The number of thioether (sulfide) groups is 1. The molecule has 4 aromatic rings. The van der Waals surface area contributed by atoms with Crippen molar-refractivity contribution in [3.8, 4) is 0 Å². The Morgan fingerprint density at radius 2 is 1.95 bits per heavy atom. The van der Waals surface area contributed by atoms with Crippen LogP contribution in [0.25, 0.3) is 22.3 Å². The maximum absolute atomic E-state index is 16.0. The first kappa shape index (κ1) is 29.1. The Hall–Kier alpha value is -3.02. The van der Waals surface area contributed by atoms with Gasteiger partial charge < -0.3 is 31.5 Å². The van der Waals surface area contributed by atoms with Gasteiger partial charge in [-0.1, -0.05) is 22.7 Å². The molecule has 24 heteroatoms. The van der Waals surface area contributed by atoms with Gasteiger partial charge in [0.25, 0.3) is 11.4 Å². The lowest BCUT2D eigenvalue weighted by Crippen LogP contribution is -2.49. The minimum absolute atomic E-state index is 0.00743. The first-order chi connectivity index (χ1) is 19.9. The second-order valence-electron chi connectivity index (χ2n) is 9.35. The average molecular weight is 649 g/mol. The number of anilines is 2. The molecule has 2 fully saturated rings. The third kappa shape index (κ3) is 4.51. The van der Waals surface area contributed by atoms with Crippen molar-refractivity contribution in [1.82, 2.24) is 49.9 Å². The van der Waals surface area contributed by atoms with Crippen LogP contribution in [0.5, 0.6) is 0 Å². The Balaban J connectivity index is 1.25. The minimum Gasteiger partial charge on any atom is -0.395 e. The van der Waals surface area contributed by atoms with Crippen LogP contribution < -0.4 is 17.0 Å². The van der Waals surface area contributed by atoms with Crippen LogP contribution in [0.15, 0.2) is 11.1 Å². The summed E-state index contributed by atoms with van der Waals surface area (Å²) in [6.45, 7) is -6.46. The van der Waals surface area contributed by atoms with Crippen LogP contribution >= 0.6 is 30.8 Å². The average Bonchev–Trinajstić information content (AvgIpc) is 3.70. The molecular weight excluding hydrogens is 626 g/mol. The molecule has 42 heavy (non-hydrogen) atoms. The van der Waals surface area contributed by atoms with E-state index in [1.807, 2.05) is 0 Å². The lowest BCUT2D eigenvalue weighted by molar-refractivity contribution is -0.104. The van der Waals surface area contributed by atoms with Gasteiger partial charge in [0.15, 0.2) is 28.1 Å². The number of fused-ring (bicyclic) bond motifs is 2. The SMILES string of the molecule is Nc1nc2c(nnn2[C@@]2(OP(=O)(S)OC[C@H]3OC[C@@](F)(n4nnc5c(N)ncnc54)[C@@H]3O)CS[C@H](CO)[C@H]2O)c(=O)[nH]1. The van der Waals surface area contributed by atoms with E-state index in [9.17, 15) is 24.7 Å². The highest BCUT2D eigenvalue weighted by Crippen LogP contribution is 2.60. The summed E-state index contributed by atoms with van der Waals surface area (Å²) in [5.74, 6) is -3.20. The van der Waals surface area contributed by atoms with Gasteiger partial charge in [-0.15, -0.1) is 22.0 Å². The number of thiol groups is 1. The number of hydrogen-bond donors (Lipinski definition) is 7. The predicted octanol–water partition coefficient (Wildman–Crippen LogP) is -2.51. The van der Waals surface area contributed by atoms with Crippen molar-refractivity contribution < 1.29 is 38.1 Å². The third-order valence-corrected chi connectivity index (χ3v) is 9.81. The fraction of sp³-hybridized carbons (Fsp3) is 0.556. The number of halogens is 1. The van der Waals surface area contributed by atoms with Gasteiger partial charge in [0.2, 0.25) is 11.7 Å². The fourth-order valence-corrected chi connectivity index (χ4v) is 7.72. The maximum atomic E-state index is 16.0. The molecule has 6 heterocycles. The van der Waals surface area contributed by atoms with Gasteiger partial charge >= 0.3 is 6.80 Å². The Morgan fingerprint density at radius 3 is 2.69 bits per heavy atom.